The smallest absolute Gasteiger partial charge is 0.143 e. The summed E-state index contributed by atoms with van der Waals surface area (Å²) in [6, 6.07) is 4.44. The maximum Gasteiger partial charge on any atom is 0.143 e. The van der Waals surface area contributed by atoms with E-state index in [-0.39, 0.29) is 5.02 Å². The minimum atomic E-state index is -0.823. The summed E-state index contributed by atoms with van der Waals surface area (Å²) in [4.78, 5) is 0. The van der Waals surface area contributed by atoms with Gasteiger partial charge in [-0.15, -0.1) is 0 Å². The zero-order valence-electron chi connectivity index (χ0n) is 8.14. The Morgan fingerprint density at radius 1 is 1.50 bits per heavy atom. The van der Waals surface area contributed by atoms with Crippen LogP contribution in [0.2, 0.25) is 5.02 Å². The number of aliphatic hydroxyl groups is 1. The van der Waals surface area contributed by atoms with Gasteiger partial charge < -0.3 is 10.4 Å². The summed E-state index contributed by atoms with van der Waals surface area (Å²) in [7, 11) is 0. The lowest BCUT2D eigenvalue weighted by Crippen LogP contribution is -2.29. The van der Waals surface area contributed by atoms with E-state index in [2.05, 4.69) is 5.32 Å². The van der Waals surface area contributed by atoms with Crippen molar-refractivity contribution in [1.82, 2.24) is 0 Å². The molecule has 0 atom stereocenters. The largest absolute Gasteiger partial charge is 0.389 e. The van der Waals surface area contributed by atoms with E-state index < -0.39 is 11.4 Å². The molecule has 0 heterocycles. The fraction of sp³-hybridized carbons (Fsp3) is 0.400. The van der Waals surface area contributed by atoms with Crippen molar-refractivity contribution in [3.8, 4) is 0 Å². The maximum atomic E-state index is 13.0. The van der Waals surface area contributed by atoms with E-state index in [4.69, 9.17) is 11.6 Å². The molecule has 1 rings (SSSR count). The molecule has 0 aliphatic carbocycles. The highest BCUT2D eigenvalue weighted by Crippen LogP contribution is 2.19. The molecule has 14 heavy (non-hydrogen) atoms. The first-order valence-electron chi connectivity index (χ1n) is 4.30. The highest BCUT2D eigenvalue weighted by atomic mass is 35.5. The molecule has 1 aromatic rings. The highest BCUT2D eigenvalue weighted by Gasteiger charge is 2.11. The summed E-state index contributed by atoms with van der Waals surface area (Å²) >= 11 is 5.52. The standard InChI is InChI=1S/C10H13ClFNO/c1-10(2,14)6-13-7-3-4-8(11)9(12)5-7/h3-5,13-14H,6H2,1-2H3. The van der Waals surface area contributed by atoms with Crippen LogP contribution in [-0.4, -0.2) is 17.3 Å². The molecule has 0 radical (unpaired) electrons. The predicted octanol–water partition coefficient (Wildman–Crippen LogP) is 2.66. The molecule has 0 spiro atoms. The Kier molecular flexibility index (Phi) is 3.34. The van der Waals surface area contributed by atoms with Crippen LogP contribution in [-0.2, 0) is 0 Å². The molecule has 2 nitrogen and oxygen atoms in total. The van der Waals surface area contributed by atoms with Crippen molar-refractivity contribution in [2.24, 2.45) is 0 Å². The number of nitrogens with one attached hydrogen (secondary N) is 1. The summed E-state index contributed by atoms with van der Waals surface area (Å²) in [5, 5.41) is 12.4. The number of benzene rings is 1. The predicted molar refractivity (Wildman–Crippen MR) is 56.2 cm³/mol. The van der Waals surface area contributed by atoms with E-state index in [1.165, 1.54) is 12.1 Å². The lowest BCUT2D eigenvalue weighted by molar-refractivity contribution is 0.0945. The van der Waals surface area contributed by atoms with Gasteiger partial charge in [-0.1, -0.05) is 11.6 Å². The van der Waals surface area contributed by atoms with Gasteiger partial charge in [-0.2, -0.15) is 0 Å². The van der Waals surface area contributed by atoms with Gasteiger partial charge in [0.1, 0.15) is 5.82 Å². The number of rotatable bonds is 3. The summed E-state index contributed by atoms with van der Waals surface area (Å²) in [5.41, 5.74) is -0.218. The van der Waals surface area contributed by atoms with Gasteiger partial charge in [0.25, 0.3) is 0 Å². The molecular formula is C10H13ClFNO. The molecule has 0 aliphatic rings. The Morgan fingerprint density at radius 3 is 2.64 bits per heavy atom. The third kappa shape index (κ3) is 3.52. The Labute approximate surface area is 87.7 Å². The van der Waals surface area contributed by atoms with Crippen LogP contribution >= 0.6 is 11.6 Å². The van der Waals surface area contributed by atoms with Gasteiger partial charge in [0.05, 0.1) is 10.6 Å². The van der Waals surface area contributed by atoms with Crippen molar-refractivity contribution in [3.05, 3.63) is 29.0 Å². The summed E-state index contributed by atoms with van der Waals surface area (Å²) in [6.45, 7) is 3.70. The third-order valence-electron chi connectivity index (χ3n) is 1.64. The van der Waals surface area contributed by atoms with Gasteiger partial charge in [-0.25, -0.2) is 4.39 Å². The van der Waals surface area contributed by atoms with Gasteiger partial charge in [0.2, 0.25) is 0 Å². The third-order valence-corrected chi connectivity index (χ3v) is 1.95. The molecule has 0 aliphatic heterocycles. The molecular weight excluding hydrogens is 205 g/mol. The molecule has 4 heteroatoms. The second-order valence-electron chi connectivity index (χ2n) is 3.79. The van der Waals surface area contributed by atoms with Crippen molar-refractivity contribution in [3.63, 3.8) is 0 Å². The normalized spacial score (nSPS) is 11.5. The molecule has 0 saturated carbocycles. The fourth-order valence-electron chi connectivity index (χ4n) is 0.924. The van der Waals surface area contributed by atoms with Crippen LogP contribution in [0.25, 0.3) is 0 Å². The zero-order valence-corrected chi connectivity index (χ0v) is 8.90. The van der Waals surface area contributed by atoms with E-state index in [0.29, 0.717) is 12.2 Å². The first-order valence-corrected chi connectivity index (χ1v) is 4.67. The average Bonchev–Trinajstić information content (AvgIpc) is 2.06. The average molecular weight is 218 g/mol. The maximum absolute atomic E-state index is 13.0. The first kappa shape index (κ1) is 11.3. The van der Waals surface area contributed by atoms with Crippen LogP contribution in [0.4, 0.5) is 10.1 Å². The Balaban J connectivity index is 2.65. The van der Waals surface area contributed by atoms with Gasteiger partial charge >= 0.3 is 0 Å². The first-order chi connectivity index (χ1) is 6.38. The van der Waals surface area contributed by atoms with E-state index in [1.807, 2.05) is 0 Å². The van der Waals surface area contributed by atoms with E-state index >= 15 is 0 Å². The van der Waals surface area contributed by atoms with Crippen molar-refractivity contribution < 1.29 is 9.50 Å². The molecule has 0 amide bonds. The lowest BCUT2D eigenvalue weighted by Gasteiger charge is -2.18. The van der Waals surface area contributed by atoms with Crippen LogP contribution in [0, 0.1) is 5.82 Å². The van der Waals surface area contributed by atoms with Crippen LogP contribution in [0.3, 0.4) is 0 Å². The number of hydrogen-bond acceptors (Lipinski definition) is 2. The number of hydrogen-bond donors (Lipinski definition) is 2. The Morgan fingerprint density at radius 2 is 2.14 bits per heavy atom. The second kappa shape index (κ2) is 4.15. The Hall–Kier alpha value is -0.800. The molecule has 0 saturated heterocycles. The van der Waals surface area contributed by atoms with E-state index in [9.17, 15) is 9.50 Å². The molecule has 0 aromatic heterocycles. The van der Waals surface area contributed by atoms with Gasteiger partial charge in [-0.05, 0) is 32.0 Å². The quantitative estimate of drug-likeness (QED) is 0.816. The summed E-state index contributed by atoms with van der Waals surface area (Å²) in [6.07, 6.45) is 0. The van der Waals surface area contributed by atoms with Crippen molar-refractivity contribution in [2.45, 2.75) is 19.4 Å². The van der Waals surface area contributed by atoms with Crippen LogP contribution < -0.4 is 5.32 Å². The number of anilines is 1. The molecule has 0 unspecified atom stereocenters. The highest BCUT2D eigenvalue weighted by molar-refractivity contribution is 6.30. The van der Waals surface area contributed by atoms with Gasteiger partial charge in [0, 0.05) is 12.2 Å². The van der Waals surface area contributed by atoms with Crippen molar-refractivity contribution >= 4 is 17.3 Å². The topological polar surface area (TPSA) is 32.3 Å². The minimum absolute atomic E-state index is 0.0961. The van der Waals surface area contributed by atoms with Gasteiger partial charge in [-0.3, -0.25) is 0 Å². The van der Waals surface area contributed by atoms with E-state index in [0.717, 1.165) is 0 Å². The van der Waals surface area contributed by atoms with Crippen LogP contribution in [0.1, 0.15) is 13.8 Å². The summed E-state index contributed by atoms with van der Waals surface area (Å²) in [5.74, 6) is -0.465. The number of halogens is 2. The molecule has 0 fully saturated rings. The van der Waals surface area contributed by atoms with E-state index in [1.54, 1.807) is 19.9 Å². The van der Waals surface area contributed by atoms with Crippen LogP contribution in [0.15, 0.2) is 18.2 Å². The monoisotopic (exact) mass is 217 g/mol. The molecule has 78 valence electrons. The second-order valence-corrected chi connectivity index (χ2v) is 4.20. The SMILES string of the molecule is CC(C)(O)CNc1ccc(Cl)c(F)c1. The Bertz CT molecular complexity index is 322. The fourth-order valence-corrected chi connectivity index (χ4v) is 1.04. The van der Waals surface area contributed by atoms with Crippen molar-refractivity contribution in [1.29, 1.82) is 0 Å². The molecule has 2 N–H and O–H groups in total. The zero-order chi connectivity index (χ0) is 10.8. The van der Waals surface area contributed by atoms with Gasteiger partial charge in [0.15, 0.2) is 0 Å². The minimum Gasteiger partial charge on any atom is -0.389 e. The van der Waals surface area contributed by atoms with Crippen molar-refractivity contribution in [2.75, 3.05) is 11.9 Å². The molecule has 0 bridgehead atoms. The summed E-state index contributed by atoms with van der Waals surface area (Å²) < 4.78 is 13.0. The molecule has 1 aromatic carbocycles. The lowest BCUT2D eigenvalue weighted by atomic mass is 10.1. The van der Waals surface area contributed by atoms with Crippen LogP contribution in [0.5, 0.6) is 0 Å².